The molecule has 0 saturated carbocycles. The van der Waals surface area contributed by atoms with Gasteiger partial charge in [0.05, 0.1) is 0 Å². The number of nitrogens with one attached hydrogen (secondary N) is 1. The number of oxime groups is 1. The van der Waals surface area contributed by atoms with Crippen LogP contribution < -0.4 is 11.1 Å². The van der Waals surface area contributed by atoms with Crippen LogP contribution in [0.5, 0.6) is 0 Å². The molecule has 2 aromatic carbocycles. The van der Waals surface area contributed by atoms with E-state index in [2.05, 4.69) is 33.1 Å². The summed E-state index contributed by atoms with van der Waals surface area (Å²) in [6, 6.07) is 14.5. The smallest absolute Gasteiger partial charge is 0.251 e. The van der Waals surface area contributed by atoms with E-state index >= 15 is 0 Å². The molecule has 4 N–H and O–H groups in total. The van der Waals surface area contributed by atoms with Gasteiger partial charge in [-0.25, -0.2) is 0 Å². The van der Waals surface area contributed by atoms with Gasteiger partial charge in [0, 0.05) is 21.2 Å². The van der Waals surface area contributed by atoms with Crippen LogP contribution in [0.25, 0.3) is 0 Å². The van der Waals surface area contributed by atoms with E-state index in [1.165, 1.54) is 0 Å². The number of rotatable bonds is 4. The first-order chi connectivity index (χ1) is 10.1. The zero-order chi connectivity index (χ0) is 15.2. The summed E-state index contributed by atoms with van der Waals surface area (Å²) < 4.78 is 1.02. The third kappa shape index (κ3) is 4.19. The SMILES string of the molecule is NC(=NO)c1ccc(CNC(=O)c2cccc(I)c2)cc1. The first kappa shape index (κ1) is 15.3. The molecule has 21 heavy (non-hydrogen) atoms. The molecule has 0 spiro atoms. The molecule has 0 unspecified atom stereocenters. The molecule has 0 saturated heterocycles. The second-order valence-electron chi connectivity index (χ2n) is 4.38. The molecule has 5 nitrogen and oxygen atoms in total. The second-order valence-corrected chi connectivity index (χ2v) is 5.62. The first-order valence-electron chi connectivity index (χ1n) is 6.21. The number of nitrogens with two attached hydrogens (primary N) is 1. The number of nitrogens with zero attached hydrogens (tertiary/aromatic N) is 1. The van der Waals surface area contributed by atoms with Gasteiger partial charge in [0.25, 0.3) is 5.91 Å². The number of amides is 1. The third-order valence-electron chi connectivity index (χ3n) is 2.90. The fourth-order valence-electron chi connectivity index (χ4n) is 1.77. The Balaban J connectivity index is 1.98. The minimum atomic E-state index is -0.117. The molecule has 0 aromatic heterocycles. The Bertz CT molecular complexity index is 669. The van der Waals surface area contributed by atoms with Crippen molar-refractivity contribution >= 4 is 34.3 Å². The Kier molecular flexibility index (Phi) is 5.15. The van der Waals surface area contributed by atoms with Gasteiger partial charge in [-0.1, -0.05) is 35.5 Å². The number of hydrogen-bond acceptors (Lipinski definition) is 3. The van der Waals surface area contributed by atoms with Crippen LogP contribution in [0, 0.1) is 3.57 Å². The van der Waals surface area contributed by atoms with Crippen molar-refractivity contribution in [3.63, 3.8) is 0 Å². The van der Waals surface area contributed by atoms with Crippen molar-refractivity contribution in [2.75, 3.05) is 0 Å². The van der Waals surface area contributed by atoms with Crippen molar-refractivity contribution in [1.29, 1.82) is 0 Å². The predicted octanol–water partition coefficient (Wildman–Crippen LogP) is 2.32. The van der Waals surface area contributed by atoms with E-state index in [-0.39, 0.29) is 11.7 Å². The van der Waals surface area contributed by atoms with Crippen molar-refractivity contribution in [1.82, 2.24) is 5.32 Å². The molecule has 2 aromatic rings. The van der Waals surface area contributed by atoms with Crippen molar-refractivity contribution in [3.8, 4) is 0 Å². The fourth-order valence-corrected chi connectivity index (χ4v) is 2.31. The van der Waals surface area contributed by atoms with Crippen LogP contribution in [-0.2, 0) is 6.54 Å². The van der Waals surface area contributed by atoms with E-state index in [4.69, 9.17) is 10.9 Å². The molecule has 2 rings (SSSR count). The predicted molar refractivity (Wildman–Crippen MR) is 89.3 cm³/mol. The van der Waals surface area contributed by atoms with E-state index in [0.717, 1.165) is 9.13 Å². The number of hydrogen-bond donors (Lipinski definition) is 3. The van der Waals surface area contributed by atoms with Gasteiger partial charge in [0.2, 0.25) is 0 Å². The van der Waals surface area contributed by atoms with Crippen LogP contribution in [0.3, 0.4) is 0 Å². The molecule has 0 heterocycles. The van der Waals surface area contributed by atoms with Crippen molar-refractivity contribution in [2.24, 2.45) is 10.9 Å². The van der Waals surface area contributed by atoms with Crippen molar-refractivity contribution in [3.05, 3.63) is 68.8 Å². The zero-order valence-electron chi connectivity index (χ0n) is 11.1. The van der Waals surface area contributed by atoms with Gasteiger partial charge in [-0.15, -0.1) is 0 Å². The van der Waals surface area contributed by atoms with E-state index < -0.39 is 0 Å². The number of benzene rings is 2. The Morgan fingerprint density at radius 3 is 2.52 bits per heavy atom. The first-order valence-corrected chi connectivity index (χ1v) is 7.28. The summed E-state index contributed by atoms with van der Waals surface area (Å²) in [5.74, 6) is -0.0570. The highest BCUT2D eigenvalue weighted by Crippen LogP contribution is 2.08. The quantitative estimate of drug-likeness (QED) is 0.244. The highest BCUT2D eigenvalue weighted by molar-refractivity contribution is 14.1. The van der Waals surface area contributed by atoms with Gasteiger partial charge in [-0.05, 0) is 46.4 Å². The number of halogens is 1. The minimum Gasteiger partial charge on any atom is -0.409 e. The van der Waals surface area contributed by atoms with E-state index in [9.17, 15) is 4.79 Å². The van der Waals surface area contributed by atoms with Gasteiger partial charge in [0.15, 0.2) is 5.84 Å². The molecule has 6 heteroatoms. The van der Waals surface area contributed by atoms with Gasteiger partial charge < -0.3 is 16.3 Å². The summed E-state index contributed by atoms with van der Waals surface area (Å²) in [5.41, 5.74) is 7.68. The molecule has 0 aliphatic rings. The highest BCUT2D eigenvalue weighted by Gasteiger charge is 2.05. The van der Waals surface area contributed by atoms with Crippen LogP contribution in [0.4, 0.5) is 0 Å². The van der Waals surface area contributed by atoms with E-state index in [1.54, 1.807) is 18.2 Å². The van der Waals surface area contributed by atoms with Gasteiger partial charge >= 0.3 is 0 Å². The monoisotopic (exact) mass is 395 g/mol. The lowest BCUT2D eigenvalue weighted by molar-refractivity contribution is 0.0951. The summed E-state index contributed by atoms with van der Waals surface area (Å²) in [4.78, 5) is 12.0. The lowest BCUT2D eigenvalue weighted by Gasteiger charge is -2.06. The van der Waals surface area contributed by atoms with Gasteiger partial charge in [0.1, 0.15) is 0 Å². The Hall–Kier alpha value is -2.09. The largest absolute Gasteiger partial charge is 0.409 e. The number of carbonyl (C=O) groups is 1. The normalized spacial score (nSPS) is 11.2. The molecule has 108 valence electrons. The van der Waals surface area contributed by atoms with Crippen LogP contribution in [0.1, 0.15) is 21.5 Å². The fraction of sp³-hybridized carbons (Fsp3) is 0.0667. The third-order valence-corrected chi connectivity index (χ3v) is 3.57. The van der Waals surface area contributed by atoms with Gasteiger partial charge in [-0.2, -0.15) is 0 Å². The standard InChI is InChI=1S/C15H14IN3O2/c16-13-3-1-2-12(8-13)15(20)18-9-10-4-6-11(7-5-10)14(17)19-21/h1-8,21H,9H2,(H2,17,19)(H,18,20). The molecular formula is C15H14IN3O2. The summed E-state index contributed by atoms with van der Waals surface area (Å²) >= 11 is 2.17. The molecule has 0 aliphatic carbocycles. The summed E-state index contributed by atoms with van der Waals surface area (Å²) in [6.07, 6.45) is 0. The van der Waals surface area contributed by atoms with Crippen LogP contribution in [0.15, 0.2) is 53.7 Å². The van der Waals surface area contributed by atoms with E-state index in [1.807, 2.05) is 30.3 Å². The lowest BCUT2D eigenvalue weighted by atomic mass is 10.1. The van der Waals surface area contributed by atoms with Gasteiger partial charge in [-0.3, -0.25) is 4.79 Å². The molecule has 0 radical (unpaired) electrons. The number of amidine groups is 1. The maximum absolute atomic E-state index is 12.0. The topological polar surface area (TPSA) is 87.7 Å². The molecule has 0 atom stereocenters. The zero-order valence-corrected chi connectivity index (χ0v) is 13.2. The van der Waals surface area contributed by atoms with Crippen LogP contribution in [-0.4, -0.2) is 17.0 Å². The maximum Gasteiger partial charge on any atom is 0.251 e. The molecule has 0 fully saturated rings. The summed E-state index contributed by atoms with van der Waals surface area (Å²) in [7, 11) is 0. The lowest BCUT2D eigenvalue weighted by Crippen LogP contribution is -2.23. The molecular weight excluding hydrogens is 381 g/mol. The molecule has 1 amide bonds. The molecule has 0 bridgehead atoms. The number of carbonyl (C=O) groups excluding carboxylic acids is 1. The Labute approximate surface area is 136 Å². The molecule has 0 aliphatic heterocycles. The summed E-state index contributed by atoms with van der Waals surface area (Å²) in [5, 5.41) is 14.4. The minimum absolute atomic E-state index is 0.0597. The Morgan fingerprint density at radius 2 is 1.90 bits per heavy atom. The van der Waals surface area contributed by atoms with Crippen LogP contribution in [0.2, 0.25) is 0 Å². The average molecular weight is 395 g/mol. The Morgan fingerprint density at radius 1 is 1.19 bits per heavy atom. The maximum atomic E-state index is 12.0. The second kappa shape index (κ2) is 7.07. The van der Waals surface area contributed by atoms with E-state index in [0.29, 0.717) is 17.7 Å². The van der Waals surface area contributed by atoms with Crippen molar-refractivity contribution in [2.45, 2.75) is 6.54 Å². The summed E-state index contributed by atoms with van der Waals surface area (Å²) in [6.45, 7) is 0.417. The highest BCUT2D eigenvalue weighted by atomic mass is 127. The van der Waals surface area contributed by atoms with Crippen molar-refractivity contribution < 1.29 is 10.0 Å². The average Bonchev–Trinajstić information content (AvgIpc) is 2.52. The van der Waals surface area contributed by atoms with Crippen LogP contribution >= 0.6 is 22.6 Å².